The summed E-state index contributed by atoms with van der Waals surface area (Å²) < 4.78 is 5.78. The van der Waals surface area contributed by atoms with Crippen molar-refractivity contribution in [1.82, 2.24) is 10.2 Å². The van der Waals surface area contributed by atoms with Crippen LogP contribution in [0.1, 0.15) is 28.8 Å². The van der Waals surface area contributed by atoms with E-state index in [0.29, 0.717) is 30.8 Å². The number of anilines is 1. The number of fused-ring (bicyclic) bond motifs is 3. The number of benzene rings is 1. The number of ether oxygens (including phenoxy) is 1. The monoisotopic (exact) mass is 345 g/mol. The number of aliphatic hydroxyl groups excluding tert-OH is 1. The molecule has 2 atom stereocenters. The Morgan fingerprint density at radius 2 is 2.12 bits per heavy atom. The summed E-state index contributed by atoms with van der Waals surface area (Å²) in [6.07, 6.45) is 0.264. The van der Waals surface area contributed by atoms with Gasteiger partial charge in [-0.15, -0.1) is 0 Å². The second-order valence-corrected chi connectivity index (χ2v) is 6.64. The molecule has 3 amide bonds. The highest BCUT2D eigenvalue weighted by Gasteiger charge is 2.41. The average molecular weight is 345 g/mol. The van der Waals surface area contributed by atoms with E-state index in [1.54, 1.807) is 12.1 Å². The Hall–Kier alpha value is -2.61. The van der Waals surface area contributed by atoms with Crippen LogP contribution < -0.4 is 15.0 Å². The molecule has 1 aromatic carbocycles. The number of likely N-dealkylation sites (N-methyl/N-ethyl adjacent to an activating group) is 1. The van der Waals surface area contributed by atoms with Gasteiger partial charge in [0.25, 0.3) is 5.91 Å². The molecule has 0 unspecified atom stereocenters. The summed E-state index contributed by atoms with van der Waals surface area (Å²) in [7, 11) is 1.89. The fourth-order valence-corrected chi connectivity index (χ4v) is 3.83. The minimum absolute atomic E-state index is 0.0812. The second-order valence-electron chi connectivity index (χ2n) is 6.64. The minimum Gasteiger partial charge on any atom is -0.484 e. The number of hydrogen-bond acceptors (Lipinski definition) is 6. The molecule has 25 heavy (non-hydrogen) atoms. The molecule has 4 rings (SSSR count). The number of amides is 3. The molecule has 0 bridgehead atoms. The third-order valence-electron chi connectivity index (χ3n) is 5.01. The number of carbonyl (C=O) groups excluding carboxylic acids is 3. The molecule has 8 nitrogen and oxygen atoms in total. The number of imide groups is 1. The molecule has 3 heterocycles. The van der Waals surface area contributed by atoms with E-state index in [2.05, 4.69) is 5.32 Å². The summed E-state index contributed by atoms with van der Waals surface area (Å²) in [5, 5.41) is 11.7. The van der Waals surface area contributed by atoms with Gasteiger partial charge >= 0.3 is 0 Å². The Morgan fingerprint density at radius 1 is 1.32 bits per heavy atom. The average Bonchev–Trinajstić information content (AvgIpc) is 2.91. The van der Waals surface area contributed by atoms with Gasteiger partial charge in [0.1, 0.15) is 17.9 Å². The zero-order valence-electron chi connectivity index (χ0n) is 13.8. The largest absolute Gasteiger partial charge is 0.484 e. The third kappa shape index (κ3) is 2.44. The van der Waals surface area contributed by atoms with E-state index in [0.717, 1.165) is 11.3 Å². The van der Waals surface area contributed by atoms with E-state index in [1.807, 2.05) is 11.9 Å². The SMILES string of the molecule is CN1C[C@H](CO)Oc2ccc3c(c21)CN([C@H]1CCC(=O)NC1=O)C3=O. The van der Waals surface area contributed by atoms with Crippen LogP contribution in [-0.2, 0) is 16.1 Å². The van der Waals surface area contributed by atoms with Gasteiger partial charge in [0.2, 0.25) is 11.8 Å². The van der Waals surface area contributed by atoms with Crippen LogP contribution >= 0.6 is 0 Å². The molecular formula is C17H19N3O5. The lowest BCUT2D eigenvalue weighted by Crippen LogP contribution is -2.52. The van der Waals surface area contributed by atoms with Gasteiger partial charge in [0.15, 0.2) is 0 Å². The third-order valence-corrected chi connectivity index (χ3v) is 5.01. The number of aliphatic hydroxyl groups is 1. The van der Waals surface area contributed by atoms with Crippen molar-refractivity contribution in [3.05, 3.63) is 23.3 Å². The summed E-state index contributed by atoms with van der Waals surface area (Å²) in [5.74, 6) is -0.295. The molecule has 1 aromatic rings. The van der Waals surface area contributed by atoms with Crippen LogP contribution in [0.25, 0.3) is 0 Å². The van der Waals surface area contributed by atoms with Crippen molar-refractivity contribution in [3.63, 3.8) is 0 Å². The fourth-order valence-electron chi connectivity index (χ4n) is 3.83. The van der Waals surface area contributed by atoms with Crippen LogP contribution in [-0.4, -0.2) is 60.1 Å². The molecule has 0 aliphatic carbocycles. The molecule has 1 fully saturated rings. The summed E-state index contributed by atoms with van der Waals surface area (Å²) in [5.41, 5.74) is 2.21. The molecule has 3 aliphatic heterocycles. The number of piperidine rings is 1. The summed E-state index contributed by atoms with van der Waals surface area (Å²) >= 11 is 0. The molecule has 132 valence electrons. The first-order chi connectivity index (χ1) is 12.0. The van der Waals surface area contributed by atoms with Crippen molar-refractivity contribution in [2.75, 3.05) is 25.1 Å². The van der Waals surface area contributed by atoms with E-state index >= 15 is 0 Å². The summed E-state index contributed by atoms with van der Waals surface area (Å²) in [6.45, 7) is 0.746. The molecule has 0 aromatic heterocycles. The second kappa shape index (κ2) is 5.73. The predicted octanol–water partition coefficient (Wildman–Crippen LogP) is -0.363. The van der Waals surface area contributed by atoms with Crippen LogP contribution in [0.3, 0.4) is 0 Å². The number of hydrogen-bond donors (Lipinski definition) is 2. The van der Waals surface area contributed by atoms with E-state index in [1.165, 1.54) is 4.90 Å². The highest BCUT2D eigenvalue weighted by molar-refractivity contribution is 6.06. The molecule has 3 aliphatic rings. The lowest BCUT2D eigenvalue weighted by Gasteiger charge is -2.34. The molecule has 1 saturated heterocycles. The summed E-state index contributed by atoms with van der Waals surface area (Å²) in [4.78, 5) is 39.8. The Balaban J connectivity index is 1.67. The van der Waals surface area contributed by atoms with E-state index in [4.69, 9.17) is 4.74 Å². The smallest absolute Gasteiger partial charge is 0.255 e. The normalized spacial score (nSPS) is 25.4. The van der Waals surface area contributed by atoms with Crippen molar-refractivity contribution >= 4 is 23.4 Å². The topological polar surface area (TPSA) is 99.2 Å². The fraction of sp³-hybridized carbons (Fsp3) is 0.471. The van der Waals surface area contributed by atoms with Gasteiger partial charge in [-0.05, 0) is 18.6 Å². The number of rotatable bonds is 2. The van der Waals surface area contributed by atoms with E-state index in [-0.39, 0.29) is 30.9 Å². The molecule has 8 heteroatoms. The standard InChI is InChI=1S/C17H19N3O5/c1-19-6-9(8-21)25-13-4-2-10-11(15(13)19)7-20(17(10)24)12-3-5-14(22)18-16(12)23/h2,4,9,12,21H,3,5-8H2,1H3,(H,18,22,23)/t9-,12+/m1/s1. The van der Waals surface area contributed by atoms with Crippen LogP contribution in [0.2, 0.25) is 0 Å². The van der Waals surface area contributed by atoms with Crippen molar-refractivity contribution in [3.8, 4) is 5.75 Å². The maximum absolute atomic E-state index is 12.8. The molecule has 0 spiro atoms. The Morgan fingerprint density at radius 3 is 2.84 bits per heavy atom. The van der Waals surface area contributed by atoms with Gasteiger partial charge in [-0.25, -0.2) is 0 Å². The van der Waals surface area contributed by atoms with E-state index in [9.17, 15) is 19.5 Å². The van der Waals surface area contributed by atoms with Crippen LogP contribution in [0.5, 0.6) is 5.75 Å². The quantitative estimate of drug-likeness (QED) is 0.710. The van der Waals surface area contributed by atoms with Gasteiger partial charge in [-0.1, -0.05) is 0 Å². The highest BCUT2D eigenvalue weighted by atomic mass is 16.5. The highest BCUT2D eigenvalue weighted by Crippen LogP contribution is 2.42. The van der Waals surface area contributed by atoms with Crippen LogP contribution in [0.4, 0.5) is 5.69 Å². The van der Waals surface area contributed by atoms with Gasteiger partial charge < -0.3 is 19.6 Å². The van der Waals surface area contributed by atoms with Gasteiger partial charge in [-0.2, -0.15) is 0 Å². The first-order valence-corrected chi connectivity index (χ1v) is 8.28. The predicted molar refractivity (Wildman–Crippen MR) is 87.3 cm³/mol. The van der Waals surface area contributed by atoms with E-state index < -0.39 is 11.9 Å². The molecular weight excluding hydrogens is 326 g/mol. The first-order valence-electron chi connectivity index (χ1n) is 8.28. The zero-order chi connectivity index (χ0) is 17.7. The Bertz CT molecular complexity index is 778. The molecule has 0 saturated carbocycles. The Kier molecular flexibility index (Phi) is 3.64. The van der Waals surface area contributed by atoms with Crippen molar-refractivity contribution < 1.29 is 24.2 Å². The molecule has 0 radical (unpaired) electrons. The van der Waals surface area contributed by atoms with Crippen molar-refractivity contribution in [2.45, 2.75) is 31.5 Å². The van der Waals surface area contributed by atoms with Gasteiger partial charge in [0, 0.05) is 31.1 Å². The number of nitrogens with one attached hydrogen (secondary N) is 1. The van der Waals surface area contributed by atoms with Crippen molar-refractivity contribution in [1.29, 1.82) is 0 Å². The van der Waals surface area contributed by atoms with Crippen LogP contribution in [0, 0.1) is 0 Å². The maximum Gasteiger partial charge on any atom is 0.255 e. The van der Waals surface area contributed by atoms with Gasteiger partial charge in [-0.3, -0.25) is 19.7 Å². The first kappa shape index (κ1) is 15.9. The maximum atomic E-state index is 12.8. The number of carbonyl (C=O) groups is 3. The van der Waals surface area contributed by atoms with Crippen molar-refractivity contribution in [2.24, 2.45) is 0 Å². The van der Waals surface area contributed by atoms with Gasteiger partial charge in [0.05, 0.1) is 18.8 Å². The molecule has 2 N–H and O–H groups in total. The van der Waals surface area contributed by atoms with Crippen LogP contribution in [0.15, 0.2) is 12.1 Å². The Labute approximate surface area is 144 Å². The zero-order valence-corrected chi connectivity index (χ0v) is 13.8. The summed E-state index contributed by atoms with van der Waals surface area (Å²) in [6, 6.07) is 2.81. The number of nitrogens with zero attached hydrogens (tertiary/aromatic N) is 2. The lowest BCUT2D eigenvalue weighted by atomic mass is 10.0. The minimum atomic E-state index is -0.631. The lowest BCUT2D eigenvalue weighted by molar-refractivity contribution is -0.136.